The SMILES string of the molecule is COC(=O)c1cc(CN)c(F)c(C(F)F)n1. The molecule has 0 fully saturated rings. The third-order valence-corrected chi connectivity index (χ3v) is 1.88. The average Bonchev–Trinajstić information content (AvgIpc) is 2.27. The molecule has 1 aromatic heterocycles. The minimum absolute atomic E-state index is 0.203. The van der Waals surface area contributed by atoms with Gasteiger partial charge < -0.3 is 10.5 Å². The summed E-state index contributed by atoms with van der Waals surface area (Å²) in [5.74, 6) is -2.11. The second-order valence-electron chi connectivity index (χ2n) is 2.86. The highest BCUT2D eigenvalue weighted by molar-refractivity contribution is 5.87. The molecular formula is C9H9F3N2O2. The molecule has 0 spiro atoms. The maximum atomic E-state index is 13.3. The van der Waals surface area contributed by atoms with Gasteiger partial charge in [-0.25, -0.2) is 22.9 Å². The number of carbonyl (C=O) groups is 1. The van der Waals surface area contributed by atoms with Crippen LogP contribution in [0, 0.1) is 5.82 Å². The van der Waals surface area contributed by atoms with Crippen molar-refractivity contribution < 1.29 is 22.7 Å². The molecule has 2 N–H and O–H groups in total. The van der Waals surface area contributed by atoms with E-state index in [1.807, 2.05) is 0 Å². The van der Waals surface area contributed by atoms with E-state index in [9.17, 15) is 18.0 Å². The molecule has 0 aliphatic carbocycles. The smallest absolute Gasteiger partial charge is 0.356 e. The van der Waals surface area contributed by atoms with E-state index >= 15 is 0 Å². The van der Waals surface area contributed by atoms with Crippen molar-refractivity contribution in [2.75, 3.05) is 7.11 Å². The van der Waals surface area contributed by atoms with Crippen molar-refractivity contribution >= 4 is 5.97 Å². The largest absolute Gasteiger partial charge is 0.464 e. The van der Waals surface area contributed by atoms with E-state index in [0.29, 0.717) is 0 Å². The van der Waals surface area contributed by atoms with Gasteiger partial charge in [-0.15, -0.1) is 0 Å². The first-order valence-electron chi connectivity index (χ1n) is 4.27. The number of rotatable bonds is 3. The summed E-state index contributed by atoms with van der Waals surface area (Å²) in [7, 11) is 1.07. The zero-order valence-electron chi connectivity index (χ0n) is 8.34. The minimum Gasteiger partial charge on any atom is -0.464 e. The Morgan fingerprint density at radius 3 is 2.69 bits per heavy atom. The van der Waals surface area contributed by atoms with Crippen LogP contribution >= 0.6 is 0 Å². The summed E-state index contributed by atoms with van der Waals surface area (Å²) in [6.07, 6.45) is -3.12. The van der Waals surface area contributed by atoms with Crippen molar-refractivity contribution in [1.82, 2.24) is 4.98 Å². The van der Waals surface area contributed by atoms with Crippen LogP contribution < -0.4 is 5.73 Å². The van der Waals surface area contributed by atoms with Crippen molar-refractivity contribution in [2.45, 2.75) is 13.0 Å². The number of alkyl halides is 2. The first kappa shape index (κ1) is 12.4. The molecular weight excluding hydrogens is 225 g/mol. The number of esters is 1. The molecule has 0 atom stereocenters. The summed E-state index contributed by atoms with van der Waals surface area (Å²) in [5.41, 5.74) is 3.48. The molecule has 0 radical (unpaired) electrons. The normalized spacial score (nSPS) is 10.6. The number of halogens is 3. The molecule has 1 rings (SSSR count). The van der Waals surface area contributed by atoms with Gasteiger partial charge in [0, 0.05) is 12.1 Å². The Hall–Kier alpha value is -1.63. The topological polar surface area (TPSA) is 65.2 Å². The minimum atomic E-state index is -3.12. The molecule has 0 unspecified atom stereocenters. The number of pyridine rings is 1. The molecule has 1 heterocycles. The van der Waals surface area contributed by atoms with E-state index < -0.39 is 23.9 Å². The quantitative estimate of drug-likeness (QED) is 0.803. The van der Waals surface area contributed by atoms with Crippen LogP contribution in [0.15, 0.2) is 6.07 Å². The molecule has 0 saturated carbocycles. The van der Waals surface area contributed by atoms with Gasteiger partial charge in [-0.1, -0.05) is 0 Å². The van der Waals surface area contributed by atoms with E-state index in [2.05, 4.69) is 9.72 Å². The highest BCUT2D eigenvalue weighted by Crippen LogP contribution is 2.23. The number of methoxy groups -OCH3 is 1. The molecule has 0 aliphatic heterocycles. The van der Waals surface area contributed by atoms with Crippen LogP contribution in [0.25, 0.3) is 0 Å². The van der Waals surface area contributed by atoms with Gasteiger partial charge in [-0.3, -0.25) is 0 Å². The van der Waals surface area contributed by atoms with Crippen molar-refractivity contribution in [3.05, 3.63) is 28.8 Å². The van der Waals surface area contributed by atoms with Crippen LogP contribution in [0.5, 0.6) is 0 Å². The zero-order chi connectivity index (χ0) is 12.3. The second kappa shape index (κ2) is 4.93. The van der Waals surface area contributed by atoms with Gasteiger partial charge in [0.2, 0.25) is 0 Å². The predicted molar refractivity (Wildman–Crippen MR) is 48.4 cm³/mol. The Bertz CT molecular complexity index is 410. The molecule has 88 valence electrons. The second-order valence-corrected chi connectivity index (χ2v) is 2.86. The van der Waals surface area contributed by atoms with Crippen molar-refractivity contribution in [1.29, 1.82) is 0 Å². The van der Waals surface area contributed by atoms with Gasteiger partial charge in [0.25, 0.3) is 6.43 Å². The van der Waals surface area contributed by atoms with E-state index in [1.54, 1.807) is 0 Å². The van der Waals surface area contributed by atoms with Crippen molar-refractivity contribution in [3.63, 3.8) is 0 Å². The third kappa shape index (κ3) is 2.30. The van der Waals surface area contributed by atoms with Crippen LogP contribution in [0.1, 0.15) is 28.2 Å². The molecule has 7 heteroatoms. The fourth-order valence-corrected chi connectivity index (χ4v) is 1.11. The Morgan fingerprint density at radius 1 is 1.62 bits per heavy atom. The molecule has 16 heavy (non-hydrogen) atoms. The van der Waals surface area contributed by atoms with Crippen molar-refractivity contribution in [2.24, 2.45) is 5.73 Å². The highest BCUT2D eigenvalue weighted by atomic mass is 19.3. The number of nitrogens with two attached hydrogens (primary N) is 1. The zero-order valence-corrected chi connectivity index (χ0v) is 8.34. The lowest BCUT2D eigenvalue weighted by Crippen LogP contribution is -2.12. The highest BCUT2D eigenvalue weighted by Gasteiger charge is 2.22. The standard InChI is InChI=1S/C9H9F3N2O2/c1-16-9(15)5-2-4(3-13)6(10)7(14-5)8(11)12/h2,8H,3,13H2,1H3. The van der Waals surface area contributed by atoms with Crippen molar-refractivity contribution in [3.8, 4) is 0 Å². The first-order chi connectivity index (χ1) is 7.51. The fraction of sp³-hybridized carbons (Fsp3) is 0.333. The Kier molecular flexibility index (Phi) is 3.83. The first-order valence-corrected chi connectivity index (χ1v) is 4.27. The summed E-state index contributed by atoms with van der Waals surface area (Å²) in [6.45, 7) is -0.307. The molecule has 4 nitrogen and oxygen atoms in total. The lowest BCUT2D eigenvalue weighted by Gasteiger charge is -2.08. The number of aromatic nitrogens is 1. The van der Waals surface area contributed by atoms with E-state index in [4.69, 9.17) is 5.73 Å². The maximum Gasteiger partial charge on any atom is 0.356 e. The Morgan fingerprint density at radius 2 is 2.25 bits per heavy atom. The number of carbonyl (C=O) groups excluding carboxylic acids is 1. The van der Waals surface area contributed by atoms with Crippen LogP contribution in [-0.2, 0) is 11.3 Å². The summed E-state index contributed by atoms with van der Waals surface area (Å²) >= 11 is 0. The summed E-state index contributed by atoms with van der Waals surface area (Å²) in [5, 5.41) is 0. The summed E-state index contributed by atoms with van der Waals surface area (Å²) < 4.78 is 42.4. The Labute approximate surface area is 89.2 Å². The van der Waals surface area contributed by atoms with Gasteiger partial charge in [-0.05, 0) is 6.07 Å². The summed E-state index contributed by atoms with van der Waals surface area (Å²) in [4.78, 5) is 14.3. The van der Waals surface area contributed by atoms with E-state index in [0.717, 1.165) is 13.2 Å². The van der Waals surface area contributed by atoms with E-state index in [-0.39, 0.29) is 17.8 Å². The monoisotopic (exact) mass is 234 g/mol. The Balaban J connectivity index is 3.34. The van der Waals surface area contributed by atoms with Gasteiger partial charge >= 0.3 is 5.97 Å². The number of hydrogen-bond donors (Lipinski definition) is 1. The molecule has 0 saturated heterocycles. The summed E-state index contributed by atoms with van der Waals surface area (Å²) in [6, 6.07) is 0.993. The molecule has 0 aromatic carbocycles. The number of ether oxygens (including phenoxy) is 1. The fourth-order valence-electron chi connectivity index (χ4n) is 1.11. The van der Waals surface area contributed by atoms with Gasteiger partial charge in [0.05, 0.1) is 7.11 Å². The van der Waals surface area contributed by atoms with Gasteiger partial charge in [0.1, 0.15) is 11.4 Å². The third-order valence-electron chi connectivity index (χ3n) is 1.88. The van der Waals surface area contributed by atoms with Gasteiger partial charge in [0.15, 0.2) is 5.82 Å². The van der Waals surface area contributed by atoms with Crippen LogP contribution in [0.3, 0.4) is 0 Å². The van der Waals surface area contributed by atoms with E-state index in [1.165, 1.54) is 0 Å². The maximum absolute atomic E-state index is 13.3. The van der Waals surface area contributed by atoms with Crippen LogP contribution in [0.4, 0.5) is 13.2 Å². The van der Waals surface area contributed by atoms with Crippen LogP contribution in [-0.4, -0.2) is 18.1 Å². The lowest BCUT2D eigenvalue weighted by atomic mass is 10.1. The number of nitrogens with zero attached hydrogens (tertiary/aromatic N) is 1. The molecule has 0 amide bonds. The lowest BCUT2D eigenvalue weighted by molar-refractivity contribution is 0.0591. The van der Waals surface area contributed by atoms with Crippen LogP contribution in [0.2, 0.25) is 0 Å². The average molecular weight is 234 g/mol. The molecule has 0 aliphatic rings. The molecule has 1 aromatic rings. The molecule has 0 bridgehead atoms. The predicted octanol–water partition coefficient (Wildman–Crippen LogP) is 1.40. The number of hydrogen-bond acceptors (Lipinski definition) is 4. The van der Waals surface area contributed by atoms with Gasteiger partial charge in [-0.2, -0.15) is 0 Å².